The molecule has 0 saturated heterocycles. The van der Waals surface area contributed by atoms with Crippen LogP contribution in [0, 0.1) is 17.0 Å². The number of nitrogens with zero attached hydrogens (tertiary/aromatic N) is 1. The van der Waals surface area contributed by atoms with Gasteiger partial charge in [-0.3, -0.25) is 24.5 Å². The number of hydrogen-bond donors (Lipinski definition) is 3. The van der Waals surface area contributed by atoms with E-state index in [0.29, 0.717) is 22.5 Å². The average molecular weight is 693 g/mol. The van der Waals surface area contributed by atoms with Gasteiger partial charge in [-0.15, -0.1) is 11.8 Å². The monoisotopic (exact) mass is 692 g/mol. The normalized spacial score (nSPS) is 11.7. The first-order valence-corrected chi connectivity index (χ1v) is 16.9. The third-order valence-electron chi connectivity index (χ3n) is 8.05. The largest absolute Gasteiger partial charge is 0.324 e. The van der Waals surface area contributed by atoms with E-state index in [0.717, 1.165) is 26.8 Å². The Morgan fingerprint density at radius 2 is 1.41 bits per heavy atom. The maximum absolute atomic E-state index is 13.7. The summed E-state index contributed by atoms with van der Waals surface area (Å²) in [6.45, 7) is 1.77. The standard InChI is InChI=1S/C41H32N4O5S/c1-27-19-22-33(45(49)50)26-36(27)43-41(48)38(29-12-4-2-5-13-29)51-34-23-20-32(21-24-34)42-40(47)37(44-39(46)30-14-6-3-7-15-30)25-31-17-10-16-28-11-8-9-18-35(28)31/h2-26,38H,1H3,(H,42,47)(H,43,48)(H,44,46)/b37-25-. The molecule has 0 aliphatic heterocycles. The molecule has 6 aromatic rings. The maximum atomic E-state index is 13.7. The van der Waals surface area contributed by atoms with Crippen LogP contribution in [0.15, 0.2) is 156 Å². The van der Waals surface area contributed by atoms with E-state index < -0.39 is 22.0 Å². The van der Waals surface area contributed by atoms with Crippen molar-refractivity contribution in [1.82, 2.24) is 5.32 Å². The Kier molecular flexibility index (Phi) is 10.6. The summed E-state index contributed by atoms with van der Waals surface area (Å²) in [5.41, 5.74) is 3.41. The first kappa shape index (κ1) is 34.3. The highest BCUT2D eigenvalue weighted by molar-refractivity contribution is 8.00. The van der Waals surface area contributed by atoms with Crippen LogP contribution in [-0.2, 0) is 9.59 Å². The van der Waals surface area contributed by atoms with E-state index in [1.807, 2.05) is 78.9 Å². The van der Waals surface area contributed by atoms with Gasteiger partial charge >= 0.3 is 0 Å². The molecule has 0 bridgehead atoms. The van der Waals surface area contributed by atoms with Gasteiger partial charge in [0.1, 0.15) is 10.9 Å². The van der Waals surface area contributed by atoms with Crippen LogP contribution in [-0.4, -0.2) is 22.6 Å². The van der Waals surface area contributed by atoms with Crippen LogP contribution >= 0.6 is 11.8 Å². The summed E-state index contributed by atoms with van der Waals surface area (Å²) in [5.74, 6) is -1.28. The lowest BCUT2D eigenvalue weighted by molar-refractivity contribution is -0.384. The summed E-state index contributed by atoms with van der Waals surface area (Å²) >= 11 is 1.30. The molecule has 1 unspecified atom stereocenters. The third-order valence-corrected chi connectivity index (χ3v) is 9.31. The summed E-state index contributed by atoms with van der Waals surface area (Å²) in [7, 11) is 0. The van der Waals surface area contributed by atoms with E-state index in [2.05, 4.69) is 16.0 Å². The zero-order valence-corrected chi connectivity index (χ0v) is 28.2. The number of carbonyl (C=O) groups excluding carboxylic acids is 3. The minimum Gasteiger partial charge on any atom is -0.324 e. The smallest absolute Gasteiger partial charge is 0.272 e. The van der Waals surface area contributed by atoms with Crippen LogP contribution in [0.25, 0.3) is 16.8 Å². The van der Waals surface area contributed by atoms with Gasteiger partial charge in [0.15, 0.2) is 0 Å². The first-order chi connectivity index (χ1) is 24.7. The molecule has 9 nitrogen and oxygen atoms in total. The Hall–Kier alpha value is -6.52. The molecule has 0 saturated carbocycles. The van der Waals surface area contributed by atoms with Crippen LogP contribution in [0.1, 0.15) is 32.3 Å². The van der Waals surface area contributed by atoms with Crippen molar-refractivity contribution >= 4 is 63.4 Å². The highest BCUT2D eigenvalue weighted by Gasteiger charge is 2.24. The molecule has 3 amide bonds. The van der Waals surface area contributed by atoms with E-state index in [-0.39, 0.29) is 17.3 Å². The second kappa shape index (κ2) is 15.8. The Labute approximate surface area is 298 Å². The van der Waals surface area contributed by atoms with Gasteiger partial charge in [-0.1, -0.05) is 97.1 Å². The zero-order valence-electron chi connectivity index (χ0n) is 27.4. The molecule has 0 fully saturated rings. The second-order valence-corrected chi connectivity index (χ2v) is 12.8. The van der Waals surface area contributed by atoms with Gasteiger partial charge in [0.05, 0.1) is 10.6 Å². The molecular weight excluding hydrogens is 661 g/mol. The summed E-state index contributed by atoms with van der Waals surface area (Å²) in [5, 5.41) is 21.1. The van der Waals surface area contributed by atoms with Crippen molar-refractivity contribution in [1.29, 1.82) is 0 Å². The molecule has 3 N–H and O–H groups in total. The predicted octanol–water partition coefficient (Wildman–Crippen LogP) is 8.94. The van der Waals surface area contributed by atoms with Crippen LogP contribution in [0.5, 0.6) is 0 Å². The van der Waals surface area contributed by atoms with Crippen molar-refractivity contribution < 1.29 is 19.3 Å². The van der Waals surface area contributed by atoms with Crippen molar-refractivity contribution in [2.24, 2.45) is 0 Å². The van der Waals surface area contributed by atoms with Crippen molar-refractivity contribution in [3.8, 4) is 0 Å². The minimum absolute atomic E-state index is 0.0657. The first-order valence-electron chi connectivity index (χ1n) is 16.0. The number of nitrogens with one attached hydrogen (secondary N) is 3. The molecular formula is C41H32N4O5S. The molecule has 1 atom stereocenters. The number of nitro benzene ring substituents is 1. The number of fused-ring (bicyclic) bond motifs is 1. The Bertz CT molecular complexity index is 2250. The number of aryl methyl sites for hydroxylation is 1. The fraction of sp³-hybridized carbons (Fsp3) is 0.0488. The molecule has 0 heterocycles. The van der Waals surface area contributed by atoms with E-state index in [1.165, 1.54) is 23.9 Å². The average Bonchev–Trinajstić information content (AvgIpc) is 3.15. The number of benzene rings is 6. The lowest BCUT2D eigenvalue weighted by Crippen LogP contribution is -2.30. The fourth-order valence-corrected chi connectivity index (χ4v) is 6.41. The zero-order chi connectivity index (χ0) is 35.7. The predicted molar refractivity (Wildman–Crippen MR) is 202 cm³/mol. The summed E-state index contributed by atoms with van der Waals surface area (Å²) in [4.78, 5) is 52.2. The SMILES string of the molecule is Cc1ccc([N+](=O)[O-])cc1NC(=O)C(Sc1ccc(NC(=O)/C(=C/c2cccc3ccccc23)NC(=O)c2ccccc2)cc1)c1ccccc1. The Balaban J connectivity index is 1.23. The molecule has 6 rings (SSSR count). The molecule has 0 spiro atoms. The van der Waals surface area contributed by atoms with Gasteiger partial charge in [0.25, 0.3) is 17.5 Å². The summed E-state index contributed by atoms with van der Waals surface area (Å²) in [6.07, 6.45) is 1.66. The van der Waals surface area contributed by atoms with Crippen molar-refractivity contribution in [3.63, 3.8) is 0 Å². The van der Waals surface area contributed by atoms with E-state index in [9.17, 15) is 24.5 Å². The van der Waals surface area contributed by atoms with Crippen molar-refractivity contribution in [3.05, 3.63) is 184 Å². The second-order valence-electron chi connectivity index (χ2n) is 11.6. The molecule has 252 valence electrons. The van der Waals surface area contributed by atoms with Gasteiger partial charge in [-0.05, 0) is 76.9 Å². The number of nitro groups is 1. The topological polar surface area (TPSA) is 130 Å². The Morgan fingerprint density at radius 3 is 2.14 bits per heavy atom. The summed E-state index contributed by atoms with van der Waals surface area (Å²) in [6, 6.07) is 42.8. The van der Waals surface area contributed by atoms with Crippen LogP contribution < -0.4 is 16.0 Å². The Morgan fingerprint density at radius 1 is 0.745 bits per heavy atom. The van der Waals surface area contributed by atoms with E-state index in [1.54, 1.807) is 67.6 Å². The molecule has 0 aromatic heterocycles. The number of hydrogen-bond acceptors (Lipinski definition) is 6. The highest BCUT2D eigenvalue weighted by atomic mass is 32.2. The minimum atomic E-state index is -0.686. The lowest BCUT2D eigenvalue weighted by Gasteiger charge is -2.18. The van der Waals surface area contributed by atoms with Gasteiger partial charge in [-0.25, -0.2) is 0 Å². The van der Waals surface area contributed by atoms with Crippen LogP contribution in [0.3, 0.4) is 0 Å². The molecule has 51 heavy (non-hydrogen) atoms. The van der Waals surface area contributed by atoms with Crippen LogP contribution in [0.2, 0.25) is 0 Å². The van der Waals surface area contributed by atoms with Gasteiger partial charge in [0.2, 0.25) is 5.91 Å². The van der Waals surface area contributed by atoms with Gasteiger partial charge in [-0.2, -0.15) is 0 Å². The third kappa shape index (κ3) is 8.56. The van der Waals surface area contributed by atoms with Gasteiger partial charge in [0, 0.05) is 28.3 Å². The fourth-order valence-electron chi connectivity index (χ4n) is 5.38. The van der Waals surface area contributed by atoms with Crippen molar-refractivity contribution in [2.75, 3.05) is 10.6 Å². The van der Waals surface area contributed by atoms with E-state index in [4.69, 9.17) is 0 Å². The molecule has 0 aliphatic rings. The lowest BCUT2D eigenvalue weighted by atomic mass is 10.0. The summed E-state index contributed by atoms with van der Waals surface area (Å²) < 4.78 is 0. The van der Waals surface area contributed by atoms with E-state index >= 15 is 0 Å². The van der Waals surface area contributed by atoms with Gasteiger partial charge < -0.3 is 16.0 Å². The number of carbonyl (C=O) groups is 3. The number of non-ortho nitro benzene ring substituents is 1. The quantitative estimate of drug-likeness (QED) is 0.0538. The number of anilines is 2. The number of amides is 3. The maximum Gasteiger partial charge on any atom is 0.272 e. The van der Waals surface area contributed by atoms with Crippen molar-refractivity contribution in [2.45, 2.75) is 17.1 Å². The molecule has 0 aliphatic carbocycles. The number of thioether (sulfide) groups is 1. The van der Waals surface area contributed by atoms with Crippen LogP contribution in [0.4, 0.5) is 17.1 Å². The highest BCUT2D eigenvalue weighted by Crippen LogP contribution is 2.37. The molecule has 6 aromatic carbocycles. The molecule has 0 radical (unpaired) electrons. The number of rotatable bonds is 11. The molecule has 10 heteroatoms.